The van der Waals surface area contributed by atoms with Gasteiger partial charge >= 0.3 is 0 Å². The van der Waals surface area contributed by atoms with Crippen molar-refractivity contribution in [1.29, 1.82) is 0 Å². The molecule has 1 N–H and O–H groups in total. The highest BCUT2D eigenvalue weighted by atomic mass is 16.1. The summed E-state index contributed by atoms with van der Waals surface area (Å²) in [6, 6.07) is 0. The average Bonchev–Trinajstić information content (AvgIpc) is 2.27. The van der Waals surface area contributed by atoms with Crippen molar-refractivity contribution in [2.75, 3.05) is 7.05 Å². The van der Waals surface area contributed by atoms with Gasteiger partial charge in [0, 0.05) is 24.8 Å². The van der Waals surface area contributed by atoms with E-state index in [-0.39, 0.29) is 5.54 Å². The lowest BCUT2D eigenvalue weighted by Gasteiger charge is -2.36. The normalized spacial score (nSPS) is 19.5. The van der Waals surface area contributed by atoms with Crippen LogP contribution in [0.3, 0.4) is 0 Å². The summed E-state index contributed by atoms with van der Waals surface area (Å²) in [7, 11) is 1.97. The Morgan fingerprint density at radius 3 is 2.60 bits per heavy atom. The fourth-order valence-corrected chi connectivity index (χ4v) is 2.42. The van der Waals surface area contributed by atoms with Crippen molar-refractivity contribution in [3.63, 3.8) is 0 Å². The summed E-state index contributed by atoms with van der Waals surface area (Å²) in [5.74, 6) is 2.83. The third-order valence-corrected chi connectivity index (χ3v) is 3.42. The number of Topliss-reactive ketones (excluding diaryl/α,β-unsaturated/α-hetero) is 1. The van der Waals surface area contributed by atoms with E-state index in [4.69, 9.17) is 6.42 Å². The highest BCUT2D eigenvalue weighted by Gasteiger charge is 2.31. The fourth-order valence-electron chi connectivity index (χ4n) is 2.42. The number of hydrogen-bond donors (Lipinski definition) is 1. The molecule has 0 saturated heterocycles. The Hall–Kier alpha value is -0.810. The monoisotopic (exact) mass is 207 g/mol. The molecule has 84 valence electrons. The molecule has 0 amide bonds. The maximum atomic E-state index is 11.7. The molecule has 1 saturated carbocycles. The SMILES string of the molecule is C#CCCC(=O)CC1(NC)CCCCC1. The average molecular weight is 207 g/mol. The third kappa shape index (κ3) is 3.68. The predicted octanol–water partition coefficient (Wildman–Crippen LogP) is 2.28. The maximum absolute atomic E-state index is 11.7. The highest BCUT2D eigenvalue weighted by molar-refractivity contribution is 5.79. The number of nitrogens with one attached hydrogen (secondary N) is 1. The lowest BCUT2D eigenvalue weighted by molar-refractivity contribution is -0.120. The van der Waals surface area contributed by atoms with Gasteiger partial charge < -0.3 is 5.32 Å². The summed E-state index contributed by atoms with van der Waals surface area (Å²) >= 11 is 0. The third-order valence-electron chi connectivity index (χ3n) is 3.42. The first-order valence-corrected chi connectivity index (χ1v) is 5.86. The molecule has 1 aliphatic carbocycles. The van der Waals surface area contributed by atoms with Gasteiger partial charge in [-0.1, -0.05) is 19.3 Å². The van der Waals surface area contributed by atoms with Gasteiger partial charge in [-0.3, -0.25) is 4.79 Å². The summed E-state index contributed by atoms with van der Waals surface area (Å²) in [6.45, 7) is 0. The molecule has 0 heterocycles. The van der Waals surface area contributed by atoms with Crippen LogP contribution in [0.2, 0.25) is 0 Å². The van der Waals surface area contributed by atoms with Gasteiger partial charge in [-0.05, 0) is 19.9 Å². The van der Waals surface area contributed by atoms with Crippen molar-refractivity contribution in [3.05, 3.63) is 0 Å². The molecule has 0 aliphatic heterocycles. The Kier molecular flexibility index (Phi) is 4.84. The van der Waals surface area contributed by atoms with Crippen LogP contribution in [0.4, 0.5) is 0 Å². The summed E-state index contributed by atoms with van der Waals surface area (Å²) in [5, 5.41) is 3.35. The molecule has 1 fully saturated rings. The molecule has 0 aromatic rings. The molecule has 2 nitrogen and oxygen atoms in total. The number of hydrogen-bond acceptors (Lipinski definition) is 2. The Morgan fingerprint density at radius 2 is 2.07 bits per heavy atom. The van der Waals surface area contributed by atoms with E-state index in [9.17, 15) is 4.79 Å². The molecule has 0 bridgehead atoms. The van der Waals surface area contributed by atoms with E-state index in [2.05, 4.69) is 11.2 Å². The first-order valence-electron chi connectivity index (χ1n) is 5.86. The van der Waals surface area contributed by atoms with E-state index < -0.39 is 0 Å². The molecule has 0 spiro atoms. The molecule has 1 aliphatic rings. The van der Waals surface area contributed by atoms with Crippen LogP contribution in [0.5, 0.6) is 0 Å². The first-order chi connectivity index (χ1) is 7.22. The van der Waals surface area contributed by atoms with Gasteiger partial charge in [0.25, 0.3) is 0 Å². The predicted molar refractivity (Wildman–Crippen MR) is 62.6 cm³/mol. The molecule has 0 aromatic carbocycles. The summed E-state index contributed by atoms with van der Waals surface area (Å²) < 4.78 is 0. The quantitative estimate of drug-likeness (QED) is 0.701. The zero-order chi connectivity index (χ0) is 11.1. The number of carbonyl (C=O) groups is 1. The van der Waals surface area contributed by atoms with Crippen molar-refractivity contribution in [2.45, 2.75) is 56.9 Å². The van der Waals surface area contributed by atoms with Gasteiger partial charge in [-0.25, -0.2) is 0 Å². The maximum Gasteiger partial charge on any atom is 0.135 e. The fraction of sp³-hybridized carbons (Fsp3) is 0.769. The molecule has 0 aromatic heterocycles. The van der Waals surface area contributed by atoms with Crippen LogP contribution in [0.15, 0.2) is 0 Å². The van der Waals surface area contributed by atoms with Crippen molar-refractivity contribution in [1.82, 2.24) is 5.32 Å². The Bertz CT molecular complexity index is 246. The minimum absolute atomic E-state index is 0.0733. The van der Waals surface area contributed by atoms with Gasteiger partial charge in [0.05, 0.1) is 0 Å². The van der Waals surface area contributed by atoms with Crippen LogP contribution in [0, 0.1) is 12.3 Å². The molecule has 2 heteroatoms. The van der Waals surface area contributed by atoms with Crippen LogP contribution >= 0.6 is 0 Å². The molecule has 0 radical (unpaired) electrons. The topological polar surface area (TPSA) is 29.1 Å². The van der Waals surface area contributed by atoms with Gasteiger partial charge in [-0.15, -0.1) is 12.3 Å². The molecule has 15 heavy (non-hydrogen) atoms. The second-order valence-corrected chi connectivity index (χ2v) is 4.51. The van der Waals surface area contributed by atoms with E-state index in [1.165, 1.54) is 19.3 Å². The van der Waals surface area contributed by atoms with Crippen molar-refractivity contribution < 1.29 is 4.79 Å². The van der Waals surface area contributed by atoms with E-state index in [1.54, 1.807) is 0 Å². The minimum Gasteiger partial charge on any atom is -0.314 e. The van der Waals surface area contributed by atoms with E-state index in [1.807, 2.05) is 7.05 Å². The number of rotatable bonds is 5. The zero-order valence-corrected chi connectivity index (χ0v) is 9.64. The van der Waals surface area contributed by atoms with Crippen molar-refractivity contribution in [2.24, 2.45) is 0 Å². The van der Waals surface area contributed by atoms with Crippen LogP contribution < -0.4 is 5.32 Å². The van der Waals surface area contributed by atoms with Crippen molar-refractivity contribution in [3.8, 4) is 12.3 Å². The minimum atomic E-state index is 0.0733. The molecular formula is C13H21NO. The molecular weight excluding hydrogens is 186 g/mol. The summed E-state index contributed by atoms with van der Waals surface area (Å²) in [6.07, 6.45) is 13.0. The van der Waals surface area contributed by atoms with Crippen LogP contribution in [-0.2, 0) is 4.79 Å². The zero-order valence-electron chi connectivity index (χ0n) is 9.64. The van der Waals surface area contributed by atoms with Gasteiger partial charge in [0.1, 0.15) is 5.78 Å². The summed E-state index contributed by atoms with van der Waals surface area (Å²) in [4.78, 5) is 11.7. The van der Waals surface area contributed by atoms with Gasteiger partial charge in [0.2, 0.25) is 0 Å². The Labute approximate surface area is 92.8 Å². The number of terminal acetylenes is 1. The first kappa shape index (κ1) is 12.3. The second-order valence-electron chi connectivity index (χ2n) is 4.51. The second kappa shape index (κ2) is 5.92. The Balaban J connectivity index is 2.44. The largest absolute Gasteiger partial charge is 0.314 e. The molecule has 0 atom stereocenters. The van der Waals surface area contributed by atoms with E-state index in [0.717, 1.165) is 12.8 Å². The number of ketones is 1. The van der Waals surface area contributed by atoms with Gasteiger partial charge in [-0.2, -0.15) is 0 Å². The molecule has 0 unspecified atom stereocenters. The van der Waals surface area contributed by atoms with Crippen LogP contribution in [-0.4, -0.2) is 18.4 Å². The van der Waals surface area contributed by atoms with E-state index >= 15 is 0 Å². The van der Waals surface area contributed by atoms with E-state index in [0.29, 0.717) is 25.0 Å². The Morgan fingerprint density at radius 1 is 1.40 bits per heavy atom. The molecule has 1 rings (SSSR count). The summed E-state index contributed by atoms with van der Waals surface area (Å²) in [5.41, 5.74) is 0.0733. The highest BCUT2D eigenvalue weighted by Crippen LogP contribution is 2.31. The standard InChI is InChI=1S/C13H21NO/c1-3-4-8-12(15)11-13(14-2)9-6-5-7-10-13/h1,14H,4-11H2,2H3. The van der Waals surface area contributed by atoms with Crippen LogP contribution in [0.1, 0.15) is 51.4 Å². The van der Waals surface area contributed by atoms with Crippen LogP contribution in [0.25, 0.3) is 0 Å². The van der Waals surface area contributed by atoms with Gasteiger partial charge in [0.15, 0.2) is 0 Å². The smallest absolute Gasteiger partial charge is 0.135 e. The lowest BCUT2D eigenvalue weighted by Crippen LogP contribution is -2.46. The number of carbonyl (C=O) groups excluding carboxylic acids is 1. The lowest BCUT2D eigenvalue weighted by atomic mass is 9.78. The van der Waals surface area contributed by atoms with Crippen molar-refractivity contribution >= 4 is 5.78 Å².